The van der Waals surface area contributed by atoms with Gasteiger partial charge in [-0.1, -0.05) is 44.5 Å². The van der Waals surface area contributed by atoms with Gasteiger partial charge in [-0.15, -0.1) is 10.2 Å². The van der Waals surface area contributed by atoms with Gasteiger partial charge in [-0.3, -0.25) is 4.99 Å². The van der Waals surface area contributed by atoms with Crippen LogP contribution in [0.1, 0.15) is 74.6 Å². The van der Waals surface area contributed by atoms with Gasteiger partial charge in [0.2, 0.25) is 0 Å². The second kappa shape index (κ2) is 11.7. The highest BCUT2D eigenvalue weighted by atomic mass is 15.3. The standard InChI is InChI=1S/C24H38N6/c1-19(2)21-14-12-20(13-15-21)9-7-16-26-24(25-3)27-17-8-11-23-29-28-22-10-5-4-6-18-30(22)23/h12-15,19H,4-11,16-18H2,1-3H3,(H2,25,26,27). The van der Waals surface area contributed by atoms with E-state index in [-0.39, 0.29) is 0 Å². The molecule has 2 heterocycles. The molecule has 1 aliphatic heterocycles. The lowest BCUT2D eigenvalue weighted by atomic mass is 10.0. The third-order valence-corrected chi connectivity index (χ3v) is 5.86. The normalized spacial score (nSPS) is 14.5. The summed E-state index contributed by atoms with van der Waals surface area (Å²) in [4.78, 5) is 4.34. The van der Waals surface area contributed by atoms with Crippen LogP contribution in [0, 0.1) is 0 Å². The molecule has 2 N–H and O–H groups in total. The monoisotopic (exact) mass is 410 g/mol. The minimum atomic E-state index is 0.592. The lowest BCUT2D eigenvalue weighted by Gasteiger charge is -2.12. The van der Waals surface area contributed by atoms with Crippen LogP contribution in [0.5, 0.6) is 0 Å². The van der Waals surface area contributed by atoms with Crippen LogP contribution in [0.3, 0.4) is 0 Å². The summed E-state index contributed by atoms with van der Waals surface area (Å²) in [5, 5.41) is 15.7. The molecule has 2 aromatic rings. The van der Waals surface area contributed by atoms with Crippen molar-refractivity contribution in [1.82, 2.24) is 25.4 Å². The molecule has 0 spiro atoms. The third-order valence-electron chi connectivity index (χ3n) is 5.86. The van der Waals surface area contributed by atoms with Crippen molar-refractivity contribution in [2.45, 2.75) is 77.7 Å². The molecule has 164 valence electrons. The van der Waals surface area contributed by atoms with Gasteiger partial charge >= 0.3 is 0 Å². The molecule has 0 fully saturated rings. The molecular formula is C24H38N6. The number of benzene rings is 1. The van der Waals surface area contributed by atoms with E-state index < -0.39 is 0 Å². The summed E-state index contributed by atoms with van der Waals surface area (Å²) in [6.45, 7) is 7.35. The van der Waals surface area contributed by atoms with E-state index in [9.17, 15) is 0 Å². The molecule has 0 saturated heterocycles. The second-order valence-electron chi connectivity index (χ2n) is 8.52. The van der Waals surface area contributed by atoms with Gasteiger partial charge in [-0.05, 0) is 49.1 Å². The highest BCUT2D eigenvalue weighted by molar-refractivity contribution is 5.79. The van der Waals surface area contributed by atoms with E-state index in [1.54, 1.807) is 0 Å². The first-order valence-corrected chi connectivity index (χ1v) is 11.6. The van der Waals surface area contributed by atoms with Crippen LogP contribution < -0.4 is 10.6 Å². The van der Waals surface area contributed by atoms with E-state index in [2.05, 4.69) is 68.5 Å². The number of fused-ring (bicyclic) bond motifs is 1. The maximum absolute atomic E-state index is 4.42. The predicted molar refractivity (Wildman–Crippen MR) is 124 cm³/mol. The van der Waals surface area contributed by atoms with Crippen molar-refractivity contribution in [3.63, 3.8) is 0 Å². The van der Waals surface area contributed by atoms with Crippen LogP contribution in [0.15, 0.2) is 29.3 Å². The van der Waals surface area contributed by atoms with Gasteiger partial charge in [-0.25, -0.2) is 0 Å². The van der Waals surface area contributed by atoms with Crippen molar-refractivity contribution in [3.05, 3.63) is 47.0 Å². The first-order chi connectivity index (χ1) is 14.7. The summed E-state index contributed by atoms with van der Waals surface area (Å²) in [5.74, 6) is 3.78. The van der Waals surface area contributed by atoms with Gasteiger partial charge in [0.05, 0.1) is 0 Å². The Hall–Kier alpha value is -2.37. The highest BCUT2D eigenvalue weighted by Gasteiger charge is 2.14. The molecular weight excluding hydrogens is 372 g/mol. The summed E-state index contributed by atoms with van der Waals surface area (Å²) in [6, 6.07) is 9.02. The van der Waals surface area contributed by atoms with Crippen LogP contribution >= 0.6 is 0 Å². The molecule has 0 aliphatic carbocycles. The van der Waals surface area contributed by atoms with Crippen LogP contribution in [0.2, 0.25) is 0 Å². The third kappa shape index (κ3) is 6.57. The minimum Gasteiger partial charge on any atom is -0.356 e. The van der Waals surface area contributed by atoms with Gasteiger partial charge in [0, 0.05) is 39.5 Å². The summed E-state index contributed by atoms with van der Waals surface area (Å²) in [6.07, 6.45) is 9.03. The molecule has 0 amide bonds. The van der Waals surface area contributed by atoms with E-state index in [0.717, 1.165) is 63.5 Å². The zero-order valence-corrected chi connectivity index (χ0v) is 19.0. The molecule has 3 rings (SSSR count). The fourth-order valence-electron chi connectivity index (χ4n) is 3.97. The lowest BCUT2D eigenvalue weighted by Crippen LogP contribution is -2.38. The molecule has 1 aromatic heterocycles. The van der Waals surface area contributed by atoms with E-state index in [0.29, 0.717) is 5.92 Å². The Morgan fingerprint density at radius 3 is 2.43 bits per heavy atom. The van der Waals surface area contributed by atoms with Gasteiger partial charge in [0.25, 0.3) is 0 Å². The first kappa shape index (κ1) is 22.3. The van der Waals surface area contributed by atoms with Crippen molar-refractivity contribution < 1.29 is 0 Å². The van der Waals surface area contributed by atoms with Gasteiger partial charge in [-0.2, -0.15) is 0 Å². The van der Waals surface area contributed by atoms with E-state index >= 15 is 0 Å². The molecule has 1 aliphatic rings. The molecule has 6 nitrogen and oxygen atoms in total. The minimum absolute atomic E-state index is 0.592. The molecule has 0 unspecified atom stereocenters. The number of rotatable bonds is 9. The molecule has 30 heavy (non-hydrogen) atoms. The van der Waals surface area contributed by atoms with E-state index in [1.807, 2.05) is 7.05 Å². The SMILES string of the molecule is CN=C(NCCCc1ccc(C(C)C)cc1)NCCCc1nnc2n1CCCCC2. The number of nitrogens with zero attached hydrogens (tertiary/aromatic N) is 4. The van der Waals surface area contributed by atoms with Crippen LogP contribution in [0.4, 0.5) is 0 Å². The first-order valence-electron chi connectivity index (χ1n) is 11.6. The fourth-order valence-corrected chi connectivity index (χ4v) is 3.97. The Bertz CT molecular complexity index is 791. The largest absolute Gasteiger partial charge is 0.356 e. The van der Waals surface area contributed by atoms with Gasteiger partial charge in [0.15, 0.2) is 5.96 Å². The Morgan fingerprint density at radius 1 is 1.00 bits per heavy atom. The number of hydrogen-bond acceptors (Lipinski definition) is 3. The number of aryl methyl sites for hydroxylation is 3. The summed E-state index contributed by atoms with van der Waals surface area (Å²) in [7, 11) is 1.83. The Balaban J connectivity index is 1.32. The maximum Gasteiger partial charge on any atom is 0.190 e. The van der Waals surface area contributed by atoms with Crippen molar-refractivity contribution in [3.8, 4) is 0 Å². The summed E-state index contributed by atoms with van der Waals surface area (Å²) >= 11 is 0. The topological polar surface area (TPSA) is 67.1 Å². The molecule has 0 bridgehead atoms. The van der Waals surface area contributed by atoms with Crippen molar-refractivity contribution >= 4 is 5.96 Å². The van der Waals surface area contributed by atoms with E-state index in [1.165, 1.54) is 36.2 Å². The number of guanidine groups is 1. The zero-order valence-electron chi connectivity index (χ0n) is 19.0. The number of nitrogens with one attached hydrogen (secondary N) is 2. The van der Waals surface area contributed by atoms with Crippen LogP contribution in [-0.4, -0.2) is 40.9 Å². The fraction of sp³-hybridized carbons (Fsp3) is 0.625. The van der Waals surface area contributed by atoms with Gasteiger partial charge < -0.3 is 15.2 Å². The molecule has 1 aromatic carbocycles. The highest BCUT2D eigenvalue weighted by Crippen LogP contribution is 2.16. The van der Waals surface area contributed by atoms with Crippen molar-refractivity contribution in [2.24, 2.45) is 4.99 Å². The second-order valence-corrected chi connectivity index (χ2v) is 8.52. The van der Waals surface area contributed by atoms with Crippen LogP contribution in [0.25, 0.3) is 0 Å². The Morgan fingerprint density at radius 2 is 1.73 bits per heavy atom. The Kier molecular flexibility index (Phi) is 8.72. The maximum atomic E-state index is 4.42. The molecule has 0 atom stereocenters. The number of aromatic nitrogens is 3. The zero-order chi connectivity index (χ0) is 21.2. The average molecular weight is 411 g/mol. The molecule has 6 heteroatoms. The van der Waals surface area contributed by atoms with E-state index in [4.69, 9.17) is 0 Å². The number of aliphatic imine (C=N–C) groups is 1. The quantitative estimate of drug-likeness (QED) is 0.374. The van der Waals surface area contributed by atoms with Gasteiger partial charge in [0.1, 0.15) is 11.6 Å². The number of hydrogen-bond donors (Lipinski definition) is 2. The smallest absolute Gasteiger partial charge is 0.190 e. The average Bonchev–Trinajstić information content (AvgIpc) is 2.98. The van der Waals surface area contributed by atoms with Crippen LogP contribution in [-0.2, 0) is 25.8 Å². The predicted octanol–water partition coefficient (Wildman–Crippen LogP) is 3.86. The summed E-state index contributed by atoms with van der Waals surface area (Å²) < 4.78 is 2.34. The molecule has 0 radical (unpaired) electrons. The molecule has 0 saturated carbocycles. The Labute approximate surface area is 181 Å². The van der Waals surface area contributed by atoms with Crippen molar-refractivity contribution in [2.75, 3.05) is 20.1 Å². The lowest BCUT2D eigenvalue weighted by molar-refractivity contribution is 0.593. The summed E-state index contributed by atoms with van der Waals surface area (Å²) in [5.41, 5.74) is 2.81. The van der Waals surface area contributed by atoms with Crippen molar-refractivity contribution in [1.29, 1.82) is 0 Å².